The molecule has 7 heteroatoms. The molecule has 142 valence electrons. The van der Waals surface area contributed by atoms with Gasteiger partial charge in [-0.3, -0.25) is 14.3 Å². The van der Waals surface area contributed by atoms with Gasteiger partial charge in [0, 0.05) is 44.3 Å². The van der Waals surface area contributed by atoms with Crippen molar-refractivity contribution in [1.82, 2.24) is 24.1 Å². The van der Waals surface area contributed by atoms with Crippen molar-refractivity contribution in [3.05, 3.63) is 52.2 Å². The minimum absolute atomic E-state index is 0.0104. The molecule has 0 radical (unpaired) electrons. The normalized spacial score (nSPS) is 12.4. The maximum Gasteiger partial charge on any atom is 0.263 e. The minimum atomic E-state index is -0.220. The van der Waals surface area contributed by atoms with E-state index in [0.717, 1.165) is 6.54 Å². The van der Waals surface area contributed by atoms with E-state index in [1.165, 1.54) is 0 Å². The van der Waals surface area contributed by atoms with Crippen LogP contribution in [0.4, 0.5) is 0 Å². The van der Waals surface area contributed by atoms with Gasteiger partial charge >= 0.3 is 0 Å². The Morgan fingerprint density at radius 1 is 1.31 bits per heavy atom. The van der Waals surface area contributed by atoms with E-state index < -0.39 is 0 Å². The third-order valence-corrected chi connectivity index (χ3v) is 4.47. The topological polar surface area (TPSA) is 63.4 Å². The summed E-state index contributed by atoms with van der Waals surface area (Å²) >= 11 is 0. The average molecular weight is 359 g/mol. The van der Waals surface area contributed by atoms with Gasteiger partial charge in [-0.15, -0.1) is 0 Å². The van der Waals surface area contributed by atoms with E-state index in [4.69, 9.17) is 0 Å². The summed E-state index contributed by atoms with van der Waals surface area (Å²) in [7, 11) is 3.94. The van der Waals surface area contributed by atoms with Crippen LogP contribution in [-0.4, -0.2) is 63.8 Å². The van der Waals surface area contributed by atoms with E-state index in [9.17, 15) is 9.59 Å². The second kappa shape index (κ2) is 8.80. The van der Waals surface area contributed by atoms with Crippen molar-refractivity contribution in [2.45, 2.75) is 33.4 Å². The number of pyridine rings is 1. The zero-order valence-corrected chi connectivity index (χ0v) is 16.3. The largest absolute Gasteiger partial charge is 0.337 e. The highest BCUT2D eigenvalue weighted by molar-refractivity contribution is 5.95. The minimum Gasteiger partial charge on any atom is -0.337 e. The van der Waals surface area contributed by atoms with Crippen molar-refractivity contribution in [2.24, 2.45) is 0 Å². The van der Waals surface area contributed by atoms with Crippen molar-refractivity contribution in [3.8, 4) is 0 Å². The van der Waals surface area contributed by atoms with E-state index >= 15 is 0 Å². The SMILES string of the molecule is CCN(CCn1cccn1)C(=O)c1c(C)ccn(C(C)CN(C)C)c1=O. The highest BCUT2D eigenvalue weighted by Crippen LogP contribution is 2.10. The predicted molar refractivity (Wildman–Crippen MR) is 103 cm³/mol. The van der Waals surface area contributed by atoms with Crippen LogP contribution in [0.2, 0.25) is 0 Å². The Bertz CT molecular complexity index is 780. The molecule has 7 nitrogen and oxygen atoms in total. The predicted octanol–water partition coefficient (Wildman–Crippen LogP) is 1.64. The highest BCUT2D eigenvalue weighted by atomic mass is 16.2. The van der Waals surface area contributed by atoms with Gasteiger partial charge in [-0.25, -0.2) is 0 Å². The lowest BCUT2D eigenvalue weighted by molar-refractivity contribution is 0.0753. The molecule has 2 aromatic rings. The first-order valence-electron chi connectivity index (χ1n) is 8.98. The van der Waals surface area contributed by atoms with Crippen LogP contribution in [0, 0.1) is 6.92 Å². The van der Waals surface area contributed by atoms with Gasteiger partial charge in [-0.05, 0) is 52.6 Å². The number of carbonyl (C=O) groups is 1. The van der Waals surface area contributed by atoms with E-state index in [-0.39, 0.29) is 23.1 Å². The van der Waals surface area contributed by atoms with Crippen LogP contribution in [0.3, 0.4) is 0 Å². The molecule has 1 atom stereocenters. The van der Waals surface area contributed by atoms with Crippen LogP contribution in [0.1, 0.15) is 35.8 Å². The molecule has 0 fully saturated rings. The van der Waals surface area contributed by atoms with Crippen molar-refractivity contribution in [2.75, 3.05) is 33.7 Å². The molecule has 0 bridgehead atoms. The van der Waals surface area contributed by atoms with Crippen LogP contribution in [-0.2, 0) is 6.54 Å². The standard InChI is InChI=1S/C19H29N5O2/c1-6-22(12-13-23-10-7-9-20-23)18(25)17-15(2)8-11-24(19(17)26)16(3)14-21(4)5/h7-11,16H,6,12-14H2,1-5H3. The number of hydrogen-bond acceptors (Lipinski definition) is 4. The second-order valence-corrected chi connectivity index (χ2v) is 6.85. The molecule has 1 amide bonds. The fourth-order valence-corrected chi connectivity index (χ4v) is 3.08. The van der Waals surface area contributed by atoms with Gasteiger partial charge < -0.3 is 14.4 Å². The molecule has 0 saturated heterocycles. The van der Waals surface area contributed by atoms with Crippen LogP contribution < -0.4 is 5.56 Å². The van der Waals surface area contributed by atoms with Crippen LogP contribution in [0.25, 0.3) is 0 Å². The van der Waals surface area contributed by atoms with Crippen LogP contribution >= 0.6 is 0 Å². The monoisotopic (exact) mass is 359 g/mol. The van der Waals surface area contributed by atoms with E-state index in [2.05, 4.69) is 5.10 Å². The lowest BCUT2D eigenvalue weighted by atomic mass is 10.1. The van der Waals surface area contributed by atoms with Gasteiger partial charge in [-0.2, -0.15) is 5.10 Å². The Morgan fingerprint density at radius 3 is 2.62 bits per heavy atom. The Labute approximate surface area is 154 Å². The third-order valence-electron chi connectivity index (χ3n) is 4.47. The smallest absolute Gasteiger partial charge is 0.263 e. The molecule has 0 aliphatic carbocycles. The Kier molecular flexibility index (Phi) is 6.74. The molecule has 26 heavy (non-hydrogen) atoms. The zero-order chi connectivity index (χ0) is 19.3. The molecule has 2 rings (SSSR count). The number of hydrogen-bond donors (Lipinski definition) is 0. The molecule has 0 spiro atoms. The fraction of sp³-hybridized carbons (Fsp3) is 0.526. The summed E-state index contributed by atoms with van der Waals surface area (Å²) in [4.78, 5) is 29.8. The van der Waals surface area contributed by atoms with Crippen molar-refractivity contribution in [3.63, 3.8) is 0 Å². The summed E-state index contributed by atoms with van der Waals surface area (Å²) in [5.41, 5.74) is 0.758. The third kappa shape index (κ3) is 4.60. The summed E-state index contributed by atoms with van der Waals surface area (Å²) < 4.78 is 3.44. The first-order chi connectivity index (χ1) is 12.3. The molecule has 0 aliphatic heterocycles. The Balaban J connectivity index is 2.27. The van der Waals surface area contributed by atoms with E-state index in [1.54, 1.807) is 26.5 Å². The van der Waals surface area contributed by atoms with Gasteiger partial charge in [0.1, 0.15) is 5.56 Å². The molecule has 2 aromatic heterocycles. The number of likely N-dealkylation sites (N-methyl/N-ethyl adjacent to an activating group) is 2. The Hall–Kier alpha value is -2.41. The number of amides is 1. The van der Waals surface area contributed by atoms with Gasteiger partial charge in [0.05, 0.1) is 6.54 Å². The molecule has 1 unspecified atom stereocenters. The fourth-order valence-electron chi connectivity index (χ4n) is 3.08. The first kappa shape index (κ1) is 19.9. The number of aryl methyl sites for hydroxylation is 1. The Morgan fingerprint density at radius 2 is 2.04 bits per heavy atom. The lowest BCUT2D eigenvalue weighted by Gasteiger charge is -2.24. The van der Waals surface area contributed by atoms with E-state index in [1.807, 2.05) is 58.1 Å². The summed E-state index contributed by atoms with van der Waals surface area (Å²) in [6.07, 6.45) is 5.36. The zero-order valence-electron chi connectivity index (χ0n) is 16.3. The van der Waals surface area contributed by atoms with E-state index in [0.29, 0.717) is 25.2 Å². The molecule has 2 heterocycles. The van der Waals surface area contributed by atoms with Crippen LogP contribution in [0.15, 0.2) is 35.5 Å². The summed E-state index contributed by atoms with van der Waals surface area (Å²) in [5, 5.41) is 4.16. The maximum absolute atomic E-state index is 13.0. The average Bonchev–Trinajstić information content (AvgIpc) is 3.08. The number of rotatable bonds is 8. The molecule has 0 saturated carbocycles. The van der Waals surface area contributed by atoms with Crippen molar-refractivity contribution < 1.29 is 4.79 Å². The molecule has 0 N–H and O–H groups in total. The maximum atomic E-state index is 13.0. The molecule has 0 aromatic carbocycles. The van der Waals surface area contributed by atoms with Gasteiger partial charge in [-0.1, -0.05) is 0 Å². The number of carbonyl (C=O) groups excluding carboxylic acids is 1. The second-order valence-electron chi connectivity index (χ2n) is 6.85. The quantitative estimate of drug-likeness (QED) is 0.719. The molecular weight excluding hydrogens is 330 g/mol. The lowest BCUT2D eigenvalue weighted by Crippen LogP contribution is -2.40. The van der Waals surface area contributed by atoms with Gasteiger partial charge in [0.25, 0.3) is 11.5 Å². The van der Waals surface area contributed by atoms with Crippen molar-refractivity contribution in [1.29, 1.82) is 0 Å². The first-order valence-corrected chi connectivity index (χ1v) is 8.98. The molecule has 0 aliphatic rings. The van der Waals surface area contributed by atoms with Crippen LogP contribution in [0.5, 0.6) is 0 Å². The van der Waals surface area contributed by atoms with Gasteiger partial charge in [0.2, 0.25) is 0 Å². The van der Waals surface area contributed by atoms with Crippen molar-refractivity contribution >= 4 is 5.91 Å². The summed E-state index contributed by atoms with van der Waals surface area (Å²) in [6, 6.07) is 3.69. The highest BCUT2D eigenvalue weighted by Gasteiger charge is 2.22. The van der Waals surface area contributed by atoms with Gasteiger partial charge in [0.15, 0.2) is 0 Å². The molecular formula is C19H29N5O2. The summed E-state index contributed by atoms with van der Waals surface area (Å²) in [5.74, 6) is -0.214. The number of nitrogens with zero attached hydrogens (tertiary/aromatic N) is 5. The number of aromatic nitrogens is 3. The summed E-state index contributed by atoms with van der Waals surface area (Å²) in [6.45, 7) is 8.11.